The van der Waals surface area contributed by atoms with Crippen LogP contribution in [0.15, 0.2) is 24.3 Å². The number of hydrogen-bond donors (Lipinski definition) is 2. The third-order valence-corrected chi connectivity index (χ3v) is 3.14. The van der Waals surface area contributed by atoms with Gasteiger partial charge in [0.1, 0.15) is 0 Å². The third kappa shape index (κ3) is 2.54. The van der Waals surface area contributed by atoms with E-state index in [1.807, 2.05) is 12.1 Å². The SMILES string of the molecule is CC1CCNC1C(=O)Nc1cccc(Cl)c1. The summed E-state index contributed by atoms with van der Waals surface area (Å²) in [5.41, 5.74) is 0.749. The number of rotatable bonds is 2. The highest BCUT2D eigenvalue weighted by Crippen LogP contribution is 2.18. The summed E-state index contributed by atoms with van der Waals surface area (Å²) in [6.45, 7) is 3.00. The molecule has 0 saturated carbocycles. The van der Waals surface area contributed by atoms with Crippen LogP contribution in [-0.4, -0.2) is 18.5 Å². The van der Waals surface area contributed by atoms with Crippen LogP contribution in [0.1, 0.15) is 13.3 Å². The molecule has 1 aromatic rings. The Labute approximate surface area is 100 Å². The van der Waals surface area contributed by atoms with Crippen LogP contribution in [-0.2, 0) is 4.79 Å². The Bertz CT molecular complexity index is 394. The lowest BCUT2D eigenvalue weighted by atomic mass is 10.0. The molecule has 1 aliphatic rings. The maximum atomic E-state index is 11.9. The lowest BCUT2D eigenvalue weighted by molar-refractivity contribution is -0.118. The maximum absolute atomic E-state index is 11.9. The van der Waals surface area contributed by atoms with Crippen LogP contribution in [0.4, 0.5) is 5.69 Å². The second-order valence-electron chi connectivity index (χ2n) is 4.20. The Balaban J connectivity index is 2.02. The molecule has 1 aliphatic heterocycles. The molecule has 0 spiro atoms. The van der Waals surface area contributed by atoms with Gasteiger partial charge in [0.2, 0.25) is 5.91 Å². The molecule has 0 radical (unpaired) electrons. The molecule has 1 amide bonds. The number of anilines is 1. The molecular weight excluding hydrogens is 224 g/mol. The van der Waals surface area contributed by atoms with Gasteiger partial charge in [0.15, 0.2) is 0 Å². The fourth-order valence-corrected chi connectivity index (χ4v) is 2.16. The highest BCUT2D eigenvalue weighted by atomic mass is 35.5. The van der Waals surface area contributed by atoms with Crippen LogP contribution in [0.3, 0.4) is 0 Å². The predicted octanol–water partition coefficient (Wildman–Crippen LogP) is 2.28. The summed E-state index contributed by atoms with van der Waals surface area (Å²) >= 11 is 5.85. The normalized spacial score (nSPS) is 24.4. The van der Waals surface area contributed by atoms with Crippen LogP contribution >= 0.6 is 11.6 Å². The van der Waals surface area contributed by atoms with Gasteiger partial charge in [0, 0.05) is 10.7 Å². The second-order valence-corrected chi connectivity index (χ2v) is 4.63. The van der Waals surface area contributed by atoms with Crippen LogP contribution in [0.25, 0.3) is 0 Å². The molecule has 0 aromatic heterocycles. The van der Waals surface area contributed by atoms with Crippen molar-refractivity contribution in [1.29, 1.82) is 0 Å². The van der Waals surface area contributed by atoms with Crippen LogP contribution in [0, 0.1) is 5.92 Å². The quantitative estimate of drug-likeness (QED) is 0.830. The van der Waals surface area contributed by atoms with Crippen molar-refractivity contribution in [2.45, 2.75) is 19.4 Å². The lowest BCUT2D eigenvalue weighted by Gasteiger charge is -2.15. The first kappa shape index (κ1) is 11.4. The Morgan fingerprint density at radius 1 is 1.56 bits per heavy atom. The van der Waals surface area contributed by atoms with Gasteiger partial charge >= 0.3 is 0 Å². The molecule has 2 rings (SSSR count). The summed E-state index contributed by atoms with van der Waals surface area (Å²) in [5.74, 6) is 0.409. The molecule has 2 atom stereocenters. The molecule has 0 aliphatic carbocycles. The molecule has 4 heteroatoms. The van der Waals surface area contributed by atoms with E-state index in [0.29, 0.717) is 10.9 Å². The van der Waals surface area contributed by atoms with Gasteiger partial charge in [-0.3, -0.25) is 4.79 Å². The number of carbonyl (C=O) groups is 1. The molecule has 1 heterocycles. The van der Waals surface area contributed by atoms with Crippen molar-refractivity contribution in [3.8, 4) is 0 Å². The van der Waals surface area contributed by atoms with Crippen molar-refractivity contribution in [3.05, 3.63) is 29.3 Å². The van der Waals surface area contributed by atoms with Crippen LogP contribution in [0.5, 0.6) is 0 Å². The minimum atomic E-state index is -0.0843. The Kier molecular flexibility index (Phi) is 3.46. The fourth-order valence-electron chi connectivity index (χ4n) is 1.97. The largest absolute Gasteiger partial charge is 0.325 e. The van der Waals surface area contributed by atoms with E-state index in [4.69, 9.17) is 11.6 Å². The number of hydrogen-bond acceptors (Lipinski definition) is 2. The Morgan fingerprint density at radius 3 is 3.00 bits per heavy atom. The average molecular weight is 239 g/mol. The van der Waals surface area contributed by atoms with Gasteiger partial charge in [0.05, 0.1) is 6.04 Å². The number of carbonyl (C=O) groups excluding carboxylic acids is 1. The first-order valence-electron chi connectivity index (χ1n) is 5.46. The third-order valence-electron chi connectivity index (χ3n) is 2.91. The number of nitrogens with one attached hydrogen (secondary N) is 2. The molecule has 2 N–H and O–H groups in total. The highest BCUT2D eigenvalue weighted by Gasteiger charge is 2.29. The molecule has 1 fully saturated rings. The molecule has 1 aromatic carbocycles. The van der Waals surface area contributed by atoms with E-state index in [2.05, 4.69) is 17.6 Å². The molecule has 1 saturated heterocycles. The van der Waals surface area contributed by atoms with Gasteiger partial charge in [-0.05, 0) is 37.1 Å². The van der Waals surface area contributed by atoms with E-state index >= 15 is 0 Å². The summed E-state index contributed by atoms with van der Waals surface area (Å²) in [7, 11) is 0. The Hall–Kier alpha value is -1.06. The van der Waals surface area contributed by atoms with Crippen molar-refractivity contribution in [2.24, 2.45) is 5.92 Å². The monoisotopic (exact) mass is 238 g/mol. The summed E-state index contributed by atoms with van der Waals surface area (Å²) < 4.78 is 0. The zero-order chi connectivity index (χ0) is 11.5. The smallest absolute Gasteiger partial charge is 0.241 e. The molecule has 2 unspecified atom stereocenters. The number of amides is 1. The first-order chi connectivity index (χ1) is 7.66. The Morgan fingerprint density at radius 2 is 2.38 bits per heavy atom. The van der Waals surface area contributed by atoms with Gasteiger partial charge in [0.25, 0.3) is 0 Å². The predicted molar refractivity (Wildman–Crippen MR) is 65.7 cm³/mol. The van der Waals surface area contributed by atoms with Crippen molar-refractivity contribution < 1.29 is 4.79 Å². The average Bonchev–Trinajstić information content (AvgIpc) is 2.64. The zero-order valence-electron chi connectivity index (χ0n) is 9.16. The molecule has 0 bridgehead atoms. The molecule has 3 nitrogen and oxygen atoms in total. The van der Waals surface area contributed by atoms with Crippen molar-refractivity contribution in [2.75, 3.05) is 11.9 Å². The van der Waals surface area contributed by atoms with Crippen LogP contribution < -0.4 is 10.6 Å². The summed E-state index contributed by atoms with van der Waals surface area (Å²) in [4.78, 5) is 11.9. The minimum Gasteiger partial charge on any atom is -0.325 e. The number of benzene rings is 1. The van der Waals surface area contributed by atoms with E-state index < -0.39 is 0 Å². The van der Waals surface area contributed by atoms with E-state index in [0.717, 1.165) is 18.7 Å². The topological polar surface area (TPSA) is 41.1 Å². The van der Waals surface area contributed by atoms with E-state index in [1.54, 1.807) is 12.1 Å². The van der Waals surface area contributed by atoms with Gasteiger partial charge in [-0.1, -0.05) is 24.6 Å². The van der Waals surface area contributed by atoms with Gasteiger partial charge in [-0.25, -0.2) is 0 Å². The fraction of sp³-hybridized carbons (Fsp3) is 0.417. The summed E-state index contributed by atoms with van der Waals surface area (Å²) in [6, 6.07) is 7.11. The van der Waals surface area contributed by atoms with Crippen molar-refractivity contribution in [3.63, 3.8) is 0 Å². The van der Waals surface area contributed by atoms with E-state index in [9.17, 15) is 4.79 Å². The summed E-state index contributed by atoms with van der Waals surface area (Å²) in [6.07, 6.45) is 1.05. The minimum absolute atomic E-state index is 0.0206. The molecule has 16 heavy (non-hydrogen) atoms. The lowest BCUT2D eigenvalue weighted by Crippen LogP contribution is -2.39. The first-order valence-corrected chi connectivity index (χ1v) is 5.84. The van der Waals surface area contributed by atoms with Crippen LogP contribution in [0.2, 0.25) is 5.02 Å². The van der Waals surface area contributed by atoms with E-state index in [1.165, 1.54) is 0 Å². The molecular formula is C12H15ClN2O. The van der Waals surface area contributed by atoms with Gasteiger partial charge in [-0.15, -0.1) is 0 Å². The van der Waals surface area contributed by atoms with Gasteiger partial charge in [-0.2, -0.15) is 0 Å². The molecule has 86 valence electrons. The van der Waals surface area contributed by atoms with E-state index in [-0.39, 0.29) is 11.9 Å². The second kappa shape index (κ2) is 4.85. The highest BCUT2D eigenvalue weighted by molar-refractivity contribution is 6.30. The number of halogens is 1. The summed E-state index contributed by atoms with van der Waals surface area (Å²) in [5, 5.41) is 6.70. The van der Waals surface area contributed by atoms with Crippen molar-refractivity contribution in [1.82, 2.24) is 5.32 Å². The zero-order valence-corrected chi connectivity index (χ0v) is 9.92. The van der Waals surface area contributed by atoms with Gasteiger partial charge < -0.3 is 10.6 Å². The maximum Gasteiger partial charge on any atom is 0.241 e. The standard InChI is InChI=1S/C12H15ClN2O/c1-8-5-6-14-11(8)12(16)15-10-4-2-3-9(13)7-10/h2-4,7-8,11,14H,5-6H2,1H3,(H,15,16). The van der Waals surface area contributed by atoms with Crippen molar-refractivity contribution >= 4 is 23.2 Å².